The highest BCUT2D eigenvalue weighted by Gasteiger charge is 2.27. The number of halogens is 2. The zero-order chi connectivity index (χ0) is 22.8. The lowest BCUT2D eigenvalue weighted by Crippen LogP contribution is -2.31. The summed E-state index contributed by atoms with van der Waals surface area (Å²) >= 11 is 7.39. The van der Waals surface area contributed by atoms with Crippen molar-refractivity contribution in [3.05, 3.63) is 52.1 Å². The third-order valence-corrected chi connectivity index (χ3v) is 8.35. The predicted octanol–water partition coefficient (Wildman–Crippen LogP) is 5.38. The van der Waals surface area contributed by atoms with E-state index < -0.39 is 21.7 Å². The first-order valence-corrected chi connectivity index (χ1v) is 12.3. The fourth-order valence-electron chi connectivity index (χ4n) is 3.14. The van der Waals surface area contributed by atoms with Gasteiger partial charge in [-0.15, -0.1) is 11.3 Å². The summed E-state index contributed by atoms with van der Waals surface area (Å²) in [6.45, 7) is 6.15. The maximum atomic E-state index is 13.5. The number of fused-ring (bicyclic) bond motifs is 1. The fraction of sp³-hybridized carbons (Fsp3) is 0.286. The molecule has 6 nitrogen and oxygen atoms in total. The molecule has 3 aromatic rings. The standard InChI is InChI=1S/C21H22ClFN2O4S2/c1-4-25(5-2)31(27,28)18-12-14(8-10-16(18)29-6-3)24-21(26)20-19(22)15-9-7-13(23)11-17(15)30-20/h7-12H,4-6H2,1-3H3,(H,24,26). The Hall–Kier alpha value is -2.20. The lowest BCUT2D eigenvalue weighted by molar-refractivity contribution is 0.103. The van der Waals surface area contributed by atoms with Crippen molar-refractivity contribution < 1.29 is 22.3 Å². The van der Waals surface area contributed by atoms with Crippen molar-refractivity contribution in [3.8, 4) is 5.75 Å². The average molecular weight is 485 g/mol. The van der Waals surface area contributed by atoms with E-state index in [1.807, 2.05) is 0 Å². The number of rotatable bonds is 8. The van der Waals surface area contributed by atoms with E-state index >= 15 is 0 Å². The van der Waals surface area contributed by atoms with Crippen LogP contribution in [0.3, 0.4) is 0 Å². The lowest BCUT2D eigenvalue weighted by atomic mass is 10.2. The SMILES string of the molecule is CCOc1ccc(NC(=O)c2sc3cc(F)ccc3c2Cl)cc1S(=O)(=O)N(CC)CC. The van der Waals surface area contributed by atoms with Gasteiger partial charge in [-0.1, -0.05) is 25.4 Å². The molecule has 0 radical (unpaired) electrons. The zero-order valence-corrected chi connectivity index (χ0v) is 19.6. The Morgan fingerprint density at radius 1 is 1.16 bits per heavy atom. The quantitative estimate of drug-likeness (QED) is 0.466. The van der Waals surface area contributed by atoms with Crippen LogP contribution in [-0.2, 0) is 10.0 Å². The van der Waals surface area contributed by atoms with Crippen LogP contribution >= 0.6 is 22.9 Å². The van der Waals surface area contributed by atoms with Gasteiger partial charge in [-0.05, 0) is 43.3 Å². The Bertz CT molecular complexity index is 1220. The van der Waals surface area contributed by atoms with Crippen molar-refractivity contribution in [3.63, 3.8) is 0 Å². The molecule has 1 heterocycles. The molecule has 1 N–H and O–H groups in total. The molecule has 0 bridgehead atoms. The average Bonchev–Trinajstić information content (AvgIpc) is 3.05. The van der Waals surface area contributed by atoms with Gasteiger partial charge < -0.3 is 10.1 Å². The summed E-state index contributed by atoms with van der Waals surface area (Å²) in [5.41, 5.74) is 0.277. The molecule has 0 saturated heterocycles. The normalized spacial score (nSPS) is 11.8. The van der Waals surface area contributed by atoms with Crippen LogP contribution in [0.25, 0.3) is 10.1 Å². The number of carbonyl (C=O) groups is 1. The number of nitrogens with one attached hydrogen (secondary N) is 1. The van der Waals surface area contributed by atoms with E-state index in [0.29, 0.717) is 29.8 Å². The molecule has 31 heavy (non-hydrogen) atoms. The van der Waals surface area contributed by atoms with E-state index in [4.69, 9.17) is 16.3 Å². The number of benzene rings is 2. The topological polar surface area (TPSA) is 75.7 Å². The minimum absolute atomic E-state index is 0.0274. The smallest absolute Gasteiger partial charge is 0.267 e. The van der Waals surface area contributed by atoms with Gasteiger partial charge >= 0.3 is 0 Å². The number of thiophene rings is 1. The fourth-order valence-corrected chi connectivity index (χ4v) is 6.19. The molecule has 0 aliphatic heterocycles. The van der Waals surface area contributed by atoms with Crippen LogP contribution in [0.15, 0.2) is 41.3 Å². The van der Waals surface area contributed by atoms with Crippen LogP contribution in [0.4, 0.5) is 10.1 Å². The highest BCUT2D eigenvalue weighted by Crippen LogP contribution is 2.36. The zero-order valence-electron chi connectivity index (χ0n) is 17.2. The Balaban J connectivity index is 1.99. The monoisotopic (exact) mass is 484 g/mol. The number of carbonyl (C=O) groups excluding carboxylic acids is 1. The molecule has 0 aliphatic carbocycles. The summed E-state index contributed by atoms with van der Waals surface area (Å²) in [5, 5.41) is 3.49. The van der Waals surface area contributed by atoms with E-state index in [2.05, 4.69) is 5.32 Å². The Kier molecular flexibility index (Phi) is 7.20. The molecule has 2 aromatic carbocycles. The van der Waals surface area contributed by atoms with E-state index in [-0.39, 0.29) is 26.2 Å². The molecular weight excluding hydrogens is 463 g/mol. The summed E-state index contributed by atoms with van der Waals surface area (Å²) in [5.74, 6) is -0.722. The Labute approximate surface area is 189 Å². The molecule has 10 heteroatoms. The van der Waals surface area contributed by atoms with Crippen LogP contribution in [0.1, 0.15) is 30.4 Å². The number of anilines is 1. The van der Waals surface area contributed by atoms with E-state index in [1.54, 1.807) is 26.8 Å². The van der Waals surface area contributed by atoms with Gasteiger partial charge in [0.1, 0.15) is 21.3 Å². The summed E-state index contributed by atoms with van der Waals surface area (Å²) in [4.78, 5) is 13.0. The van der Waals surface area contributed by atoms with Gasteiger partial charge in [-0.3, -0.25) is 4.79 Å². The van der Waals surface area contributed by atoms with E-state index in [1.165, 1.54) is 34.6 Å². The van der Waals surface area contributed by atoms with E-state index in [9.17, 15) is 17.6 Å². The van der Waals surface area contributed by atoms with Crippen LogP contribution in [0.5, 0.6) is 5.75 Å². The molecule has 0 unspecified atom stereocenters. The van der Waals surface area contributed by atoms with Crippen molar-refractivity contribution in [2.75, 3.05) is 25.0 Å². The molecule has 1 aromatic heterocycles. The molecule has 166 valence electrons. The Morgan fingerprint density at radius 3 is 2.52 bits per heavy atom. The van der Waals surface area contributed by atoms with Crippen LogP contribution in [0.2, 0.25) is 5.02 Å². The summed E-state index contributed by atoms with van der Waals surface area (Å²) in [7, 11) is -3.82. The van der Waals surface area contributed by atoms with Gasteiger partial charge in [-0.25, -0.2) is 12.8 Å². The second-order valence-corrected chi connectivity index (χ2v) is 9.86. The maximum Gasteiger partial charge on any atom is 0.267 e. The molecule has 0 fully saturated rings. The van der Waals surface area contributed by atoms with Gasteiger partial charge in [0.05, 0.1) is 11.6 Å². The second kappa shape index (κ2) is 9.52. The van der Waals surface area contributed by atoms with Gasteiger partial charge in [-0.2, -0.15) is 4.31 Å². The highest BCUT2D eigenvalue weighted by molar-refractivity contribution is 7.89. The van der Waals surface area contributed by atoms with E-state index in [0.717, 1.165) is 11.3 Å². The number of hydrogen-bond acceptors (Lipinski definition) is 5. The largest absolute Gasteiger partial charge is 0.492 e. The first kappa shape index (κ1) is 23.5. The summed E-state index contributed by atoms with van der Waals surface area (Å²) in [6.07, 6.45) is 0. The first-order valence-electron chi connectivity index (χ1n) is 9.68. The van der Waals surface area contributed by atoms with Crippen molar-refractivity contribution in [1.82, 2.24) is 4.31 Å². The van der Waals surface area contributed by atoms with Crippen molar-refractivity contribution >= 4 is 54.6 Å². The maximum absolute atomic E-state index is 13.5. The third kappa shape index (κ3) is 4.69. The number of hydrogen-bond donors (Lipinski definition) is 1. The molecule has 1 amide bonds. The number of amides is 1. The molecule has 0 aliphatic rings. The minimum atomic E-state index is -3.82. The van der Waals surface area contributed by atoms with Crippen molar-refractivity contribution in [2.24, 2.45) is 0 Å². The van der Waals surface area contributed by atoms with Gasteiger partial charge in [0.15, 0.2) is 0 Å². The summed E-state index contributed by atoms with van der Waals surface area (Å²) in [6, 6.07) is 8.56. The second-order valence-electron chi connectivity index (χ2n) is 6.52. The molecule has 0 saturated carbocycles. The lowest BCUT2D eigenvalue weighted by Gasteiger charge is -2.21. The van der Waals surface area contributed by atoms with Gasteiger partial charge in [0.2, 0.25) is 10.0 Å². The van der Waals surface area contributed by atoms with Gasteiger partial charge in [0, 0.05) is 28.9 Å². The first-order chi connectivity index (χ1) is 14.7. The molecule has 0 atom stereocenters. The molecule has 0 spiro atoms. The summed E-state index contributed by atoms with van der Waals surface area (Å²) < 4.78 is 47.0. The molecule has 3 rings (SSSR count). The number of nitrogens with zero attached hydrogens (tertiary/aromatic N) is 1. The highest BCUT2D eigenvalue weighted by atomic mass is 35.5. The Morgan fingerprint density at radius 2 is 1.87 bits per heavy atom. The van der Waals surface area contributed by atoms with Crippen LogP contribution in [-0.4, -0.2) is 38.3 Å². The predicted molar refractivity (Wildman–Crippen MR) is 122 cm³/mol. The van der Waals surface area contributed by atoms with Crippen molar-refractivity contribution in [1.29, 1.82) is 0 Å². The van der Waals surface area contributed by atoms with Gasteiger partial charge in [0.25, 0.3) is 5.91 Å². The number of sulfonamides is 1. The van der Waals surface area contributed by atoms with Crippen LogP contribution < -0.4 is 10.1 Å². The van der Waals surface area contributed by atoms with Crippen molar-refractivity contribution in [2.45, 2.75) is 25.7 Å². The third-order valence-electron chi connectivity index (χ3n) is 4.62. The molecular formula is C21H22ClFN2O4S2. The van der Waals surface area contributed by atoms with Crippen LogP contribution in [0, 0.1) is 5.82 Å². The number of ether oxygens (including phenoxy) is 1. The minimum Gasteiger partial charge on any atom is -0.492 e.